The van der Waals surface area contributed by atoms with E-state index in [0.29, 0.717) is 24.0 Å². The van der Waals surface area contributed by atoms with Gasteiger partial charge in [-0.15, -0.1) is 0 Å². The largest absolute Gasteiger partial charge is 0.490 e. The summed E-state index contributed by atoms with van der Waals surface area (Å²) in [7, 11) is 0. The van der Waals surface area contributed by atoms with Crippen LogP contribution in [0.15, 0.2) is 67.4 Å². The fraction of sp³-hybridized carbons (Fsp3) is 0.111. The summed E-state index contributed by atoms with van der Waals surface area (Å²) in [5, 5.41) is 0.680. The second-order valence-corrected chi connectivity index (χ2v) is 5.31. The third-order valence-corrected chi connectivity index (χ3v) is 3.38. The summed E-state index contributed by atoms with van der Waals surface area (Å²) < 4.78 is 13.3. The quantitative estimate of drug-likeness (QED) is 0.481. The highest BCUT2D eigenvalue weighted by molar-refractivity contribution is 6.30. The van der Waals surface area contributed by atoms with E-state index in [0.717, 1.165) is 11.4 Å². The SMILES string of the molecule is Clc1ccc(OCCOC(=Cn2ccnc2)c2ccccn2)cc1. The average molecular weight is 342 g/mol. The second-order valence-electron chi connectivity index (χ2n) is 4.87. The minimum atomic E-state index is 0.389. The first kappa shape index (κ1) is 16.1. The summed E-state index contributed by atoms with van der Waals surface area (Å²) >= 11 is 5.85. The lowest BCUT2D eigenvalue weighted by Crippen LogP contribution is -2.07. The fourth-order valence-corrected chi connectivity index (χ4v) is 2.13. The van der Waals surface area contributed by atoms with E-state index in [1.165, 1.54) is 0 Å². The highest BCUT2D eigenvalue weighted by atomic mass is 35.5. The standard InChI is InChI=1S/C18H16ClN3O2/c19-15-4-6-16(7-5-15)23-11-12-24-18(13-22-10-9-20-14-22)17-3-1-2-8-21-17/h1-10,13-14H,11-12H2. The van der Waals surface area contributed by atoms with E-state index >= 15 is 0 Å². The Bertz CT molecular complexity index is 772. The molecular weight excluding hydrogens is 326 g/mol. The summed E-state index contributed by atoms with van der Waals surface area (Å²) in [5.74, 6) is 1.40. The van der Waals surface area contributed by atoms with Crippen molar-refractivity contribution in [2.75, 3.05) is 13.2 Å². The molecule has 1 aromatic carbocycles. The number of aromatic nitrogens is 3. The van der Waals surface area contributed by atoms with Gasteiger partial charge in [0, 0.05) is 23.6 Å². The van der Waals surface area contributed by atoms with Crippen molar-refractivity contribution < 1.29 is 9.47 Å². The fourth-order valence-electron chi connectivity index (χ4n) is 2.01. The summed E-state index contributed by atoms with van der Waals surface area (Å²) in [6.45, 7) is 0.801. The van der Waals surface area contributed by atoms with Gasteiger partial charge in [0.25, 0.3) is 0 Å². The third-order valence-electron chi connectivity index (χ3n) is 3.13. The Labute approximate surface area is 145 Å². The Morgan fingerprint density at radius 3 is 2.67 bits per heavy atom. The predicted molar refractivity (Wildman–Crippen MR) is 93.5 cm³/mol. The Morgan fingerprint density at radius 2 is 1.96 bits per heavy atom. The van der Waals surface area contributed by atoms with Crippen LogP contribution in [-0.4, -0.2) is 27.7 Å². The van der Waals surface area contributed by atoms with Crippen LogP contribution < -0.4 is 4.74 Å². The number of halogens is 1. The van der Waals surface area contributed by atoms with Crippen LogP contribution in [0.4, 0.5) is 0 Å². The van der Waals surface area contributed by atoms with Crippen LogP contribution in [0.2, 0.25) is 5.02 Å². The van der Waals surface area contributed by atoms with Gasteiger partial charge in [0.15, 0.2) is 5.76 Å². The Kier molecular flexibility index (Phi) is 5.48. The van der Waals surface area contributed by atoms with Crippen molar-refractivity contribution in [2.24, 2.45) is 0 Å². The molecule has 0 aliphatic rings. The van der Waals surface area contributed by atoms with Crippen molar-refractivity contribution >= 4 is 23.6 Å². The van der Waals surface area contributed by atoms with Crippen LogP contribution in [0.25, 0.3) is 12.0 Å². The first-order valence-electron chi connectivity index (χ1n) is 7.43. The van der Waals surface area contributed by atoms with E-state index in [1.807, 2.05) is 47.3 Å². The summed E-state index contributed by atoms with van der Waals surface area (Å²) in [5.41, 5.74) is 0.748. The van der Waals surface area contributed by atoms with Crippen LogP contribution in [-0.2, 0) is 4.74 Å². The maximum Gasteiger partial charge on any atom is 0.161 e. The molecule has 0 amide bonds. The van der Waals surface area contributed by atoms with Crippen LogP contribution in [0, 0.1) is 0 Å². The molecule has 0 unspecified atom stereocenters. The summed E-state index contributed by atoms with van der Waals surface area (Å²) in [4.78, 5) is 8.34. The molecule has 0 fully saturated rings. The van der Waals surface area contributed by atoms with Crippen molar-refractivity contribution in [3.05, 3.63) is 78.1 Å². The van der Waals surface area contributed by atoms with Crippen molar-refractivity contribution in [2.45, 2.75) is 0 Å². The van der Waals surface area contributed by atoms with Gasteiger partial charge in [0.2, 0.25) is 0 Å². The number of ether oxygens (including phenoxy) is 2. The molecule has 0 N–H and O–H groups in total. The van der Waals surface area contributed by atoms with E-state index < -0.39 is 0 Å². The Hall–Kier alpha value is -2.79. The van der Waals surface area contributed by atoms with Gasteiger partial charge in [0.05, 0.1) is 12.5 Å². The van der Waals surface area contributed by atoms with Gasteiger partial charge in [-0.3, -0.25) is 4.98 Å². The second kappa shape index (κ2) is 8.17. The summed E-state index contributed by atoms with van der Waals surface area (Å²) in [6.07, 6.45) is 8.78. The molecule has 0 spiro atoms. The van der Waals surface area contributed by atoms with E-state index in [1.54, 1.807) is 30.9 Å². The molecule has 3 rings (SSSR count). The molecule has 0 radical (unpaired) electrons. The molecule has 0 atom stereocenters. The van der Waals surface area contributed by atoms with Crippen molar-refractivity contribution in [1.29, 1.82) is 0 Å². The van der Waals surface area contributed by atoms with Gasteiger partial charge in [-0.1, -0.05) is 17.7 Å². The lowest BCUT2D eigenvalue weighted by molar-refractivity contribution is 0.195. The van der Waals surface area contributed by atoms with Crippen LogP contribution in [0.3, 0.4) is 0 Å². The minimum absolute atomic E-state index is 0.389. The minimum Gasteiger partial charge on any atom is -0.490 e. The predicted octanol–water partition coefficient (Wildman–Crippen LogP) is 3.98. The van der Waals surface area contributed by atoms with Crippen LogP contribution in [0.5, 0.6) is 5.75 Å². The molecule has 5 nitrogen and oxygen atoms in total. The molecule has 24 heavy (non-hydrogen) atoms. The van der Waals surface area contributed by atoms with E-state index in [4.69, 9.17) is 21.1 Å². The molecule has 0 aliphatic carbocycles. The summed E-state index contributed by atoms with van der Waals surface area (Å²) in [6, 6.07) is 12.9. The number of hydrogen-bond acceptors (Lipinski definition) is 4. The zero-order chi connectivity index (χ0) is 16.6. The number of imidazole rings is 1. The monoisotopic (exact) mass is 341 g/mol. The van der Waals surface area contributed by atoms with Crippen LogP contribution in [0.1, 0.15) is 5.69 Å². The van der Waals surface area contributed by atoms with Gasteiger partial charge in [-0.2, -0.15) is 0 Å². The Balaban J connectivity index is 1.61. The molecule has 0 saturated heterocycles. The molecular formula is C18H16ClN3O2. The smallest absolute Gasteiger partial charge is 0.161 e. The molecule has 3 aromatic rings. The van der Waals surface area contributed by atoms with Crippen molar-refractivity contribution in [1.82, 2.24) is 14.5 Å². The first-order valence-corrected chi connectivity index (χ1v) is 7.81. The zero-order valence-electron chi connectivity index (χ0n) is 12.9. The molecule has 6 heteroatoms. The lowest BCUT2D eigenvalue weighted by atomic mass is 10.3. The number of nitrogens with zero attached hydrogens (tertiary/aromatic N) is 3. The van der Waals surface area contributed by atoms with Gasteiger partial charge in [-0.25, -0.2) is 4.98 Å². The number of hydrogen-bond donors (Lipinski definition) is 0. The van der Waals surface area contributed by atoms with Crippen molar-refractivity contribution in [3.8, 4) is 5.75 Å². The van der Waals surface area contributed by atoms with Gasteiger partial charge < -0.3 is 14.0 Å². The average Bonchev–Trinajstić information content (AvgIpc) is 3.13. The lowest BCUT2D eigenvalue weighted by Gasteiger charge is -2.11. The van der Waals surface area contributed by atoms with Crippen molar-refractivity contribution in [3.63, 3.8) is 0 Å². The maximum absolute atomic E-state index is 5.85. The maximum atomic E-state index is 5.85. The normalized spacial score (nSPS) is 11.3. The molecule has 0 bridgehead atoms. The molecule has 2 heterocycles. The van der Waals surface area contributed by atoms with E-state index in [2.05, 4.69) is 9.97 Å². The van der Waals surface area contributed by atoms with E-state index in [9.17, 15) is 0 Å². The van der Waals surface area contributed by atoms with Crippen LogP contribution >= 0.6 is 11.6 Å². The third kappa shape index (κ3) is 4.60. The van der Waals surface area contributed by atoms with Gasteiger partial charge in [-0.05, 0) is 36.4 Å². The zero-order valence-corrected chi connectivity index (χ0v) is 13.6. The first-order chi connectivity index (χ1) is 11.8. The molecule has 122 valence electrons. The van der Waals surface area contributed by atoms with Gasteiger partial charge in [0.1, 0.15) is 24.7 Å². The highest BCUT2D eigenvalue weighted by Gasteiger charge is 2.05. The van der Waals surface area contributed by atoms with Gasteiger partial charge >= 0.3 is 0 Å². The molecule has 2 aromatic heterocycles. The Morgan fingerprint density at radius 1 is 1.08 bits per heavy atom. The molecule has 0 saturated carbocycles. The highest BCUT2D eigenvalue weighted by Crippen LogP contribution is 2.17. The van der Waals surface area contributed by atoms with E-state index in [-0.39, 0.29) is 0 Å². The molecule has 0 aliphatic heterocycles. The number of pyridine rings is 1. The number of benzene rings is 1. The number of rotatable bonds is 7. The topological polar surface area (TPSA) is 49.2 Å².